The summed E-state index contributed by atoms with van der Waals surface area (Å²) < 4.78 is 6.05. The van der Waals surface area contributed by atoms with Gasteiger partial charge in [0.15, 0.2) is 0 Å². The third-order valence-corrected chi connectivity index (χ3v) is 8.91. The van der Waals surface area contributed by atoms with E-state index in [0.29, 0.717) is 6.04 Å². The first kappa shape index (κ1) is 19.5. The fraction of sp³-hybridized carbons (Fsp3) is 0.346. The summed E-state index contributed by atoms with van der Waals surface area (Å²) in [6.45, 7) is 3.94. The average Bonchev–Trinajstić information content (AvgIpc) is 3.53. The summed E-state index contributed by atoms with van der Waals surface area (Å²) in [5, 5.41) is 2.07. The number of oxazole rings is 1. The Bertz CT molecular complexity index is 1190. The van der Waals surface area contributed by atoms with Crippen LogP contribution in [-0.4, -0.2) is 16.4 Å². The van der Waals surface area contributed by atoms with Gasteiger partial charge in [0.2, 0.25) is 5.89 Å². The van der Waals surface area contributed by atoms with Crippen LogP contribution in [0.15, 0.2) is 52.3 Å². The molecule has 0 saturated carbocycles. The zero-order valence-electron chi connectivity index (χ0n) is 17.8. The smallest absolute Gasteiger partial charge is 0.236 e. The van der Waals surface area contributed by atoms with Gasteiger partial charge in [0.1, 0.15) is 5.76 Å². The number of hydrogen-bond acceptors (Lipinski definition) is 5. The Balaban J connectivity index is 1.38. The van der Waals surface area contributed by atoms with E-state index in [-0.39, 0.29) is 0 Å². The first-order valence-electron chi connectivity index (χ1n) is 11.2. The van der Waals surface area contributed by atoms with Gasteiger partial charge in [-0.1, -0.05) is 36.4 Å². The molecule has 0 bridgehead atoms. The van der Waals surface area contributed by atoms with Crippen molar-refractivity contribution in [2.45, 2.75) is 51.6 Å². The van der Waals surface area contributed by atoms with Gasteiger partial charge in [-0.25, -0.2) is 4.98 Å². The minimum atomic E-state index is 0.307. The maximum atomic E-state index is 6.05. The minimum Gasteiger partial charge on any atom is -0.440 e. The molecule has 1 aromatic carbocycles. The van der Waals surface area contributed by atoms with E-state index < -0.39 is 0 Å². The van der Waals surface area contributed by atoms with Crippen molar-refractivity contribution in [2.75, 3.05) is 6.54 Å². The number of benzene rings is 1. The molecule has 0 N–H and O–H groups in total. The molecule has 1 aliphatic carbocycles. The quantitative estimate of drug-likeness (QED) is 0.345. The van der Waals surface area contributed by atoms with Gasteiger partial charge in [0, 0.05) is 22.8 Å². The predicted molar refractivity (Wildman–Crippen MR) is 128 cm³/mol. The Morgan fingerprint density at radius 1 is 1.03 bits per heavy atom. The van der Waals surface area contributed by atoms with Crippen molar-refractivity contribution in [2.24, 2.45) is 0 Å². The van der Waals surface area contributed by atoms with Gasteiger partial charge < -0.3 is 4.42 Å². The van der Waals surface area contributed by atoms with E-state index in [1.807, 2.05) is 0 Å². The molecule has 1 atom stereocenters. The Morgan fingerprint density at radius 2 is 1.90 bits per heavy atom. The van der Waals surface area contributed by atoms with Gasteiger partial charge >= 0.3 is 0 Å². The van der Waals surface area contributed by atoms with Gasteiger partial charge in [-0.05, 0) is 67.2 Å². The highest BCUT2D eigenvalue weighted by molar-refractivity contribution is 7.13. The van der Waals surface area contributed by atoms with E-state index in [2.05, 4.69) is 71.0 Å². The number of aryl methyl sites for hydroxylation is 2. The molecule has 4 heterocycles. The van der Waals surface area contributed by atoms with Crippen LogP contribution >= 0.6 is 22.7 Å². The fourth-order valence-electron chi connectivity index (χ4n) is 5.14. The molecule has 0 fully saturated rings. The molecule has 0 saturated heterocycles. The van der Waals surface area contributed by atoms with Crippen LogP contribution in [0, 0.1) is 6.92 Å². The topological polar surface area (TPSA) is 29.3 Å². The molecule has 31 heavy (non-hydrogen) atoms. The van der Waals surface area contributed by atoms with E-state index in [4.69, 9.17) is 9.40 Å². The van der Waals surface area contributed by atoms with E-state index in [1.54, 1.807) is 32.2 Å². The standard InChI is InChI=1S/C26H26N2OS2/c1-17-21(27-26(29-17)23-12-7-15-30-23)16-28-14-13-20-19-10-5-6-11-22(19)31-25(20)24(28)18-8-3-2-4-9-18/h2-4,7-9,12,15,24H,5-6,10-11,13-14,16H2,1H3. The zero-order valence-corrected chi connectivity index (χ0v) is 19.4. The molecule has 6 rings (SSSR count). The lowest BCUT2D eigenvalue weighted by molar-refractivity contribution is 0.204. The van der Waals surface area contributed by atoms with Crippen molar-refractivity contribution < 1.29 is 4.42 Å². The molecule has 0 amide bonds. The molecule has 4 aromatic rings. The summed E-state index contributed by atoms with van der Waals surface area (Å²) in [5.74, 6) is 1.69. The summed E-state index contributed by atoms with van der Waals surface area (Å²) in [4.78, 5) is 11.8. The first-order chi connectivity index (χ1) is 15.3. The van der Waals surface area contributed by atoms with Crippen molar-refractivity contribution >= 4 is 22.7 Å². The van der Waals surface area contributed by atoms with Gasteiger partial charge in [0.25, 0.3) is 0 Å². The second-order valence-corrected chi connectivity index (χ2v) is 10.7. The molecule has 3 nitrogen and oxygen atoms in total. The minimum absolute atomic E-state index is 0.307. The Morgan fingerprint density at radius 3 is 2.74 bits per heavy atom. The number of aromatic nitrogens is 1. The van der Waals surface area contributed by atoms with Crippen LogP contribution in [0.4, 0.5) is 0 Å². The highest BCUT2D eigenvalue weighted by Crippen LogP contribution is 2.45. The lowest BCUT2D eigenvalue weighted by Crippen LogP contribution is -2.35. The summed E-state index contributed by atoms with van der Waals surface area (Å²) in [5.41, 5.74) is 5.79. The van der Waals surface area contributed by atoms with Gasteiger partial charge in [0.05, 0.1) is 16.6 Å². The van der Waals surface area contributed by atoms with Crippen molar-refractivity contribution in [3.8, 4) is 10.8 Å². The largest absolute Gasteiger partial charge is 0.440 e. The SMILES string of the molecule is Cc1oc(-c2cccs2)nc1CN1CCc2c(sc3c2CCCC3)C1c1ccccc1. The van der Waals surface area contributed by atoms with E-state index in [0.717, 1.165) is 41.7 Å². The Kier molecular flexibility index (Phi) is 5.05. The highest BCUT2D eigenvalue weighted by atomic mass is 32.1. The van der Waals surface area contributed by atoms with E-state index in [1.165, 1.54) is 31.2 Å². The molecule has 0 spiro atoms. The van der Waals surface area contributed by atoms with Crippen LogP contribution in [0.1, 0.15) is 56.8 Å². The van der Waals surface area contributed by atoms with Crippen molar-refractivity contribution in [3.05, 3.63) is 85.7 Å². The van der Waals surface area contributed by atoms with Crippen LogP contribution in [-0.2, 0) is 25.8 Å². The van der Waals surface area contributed by atoms with Crippen molar-refractivity contribution in [1.82, 2.24) is 9.88 Å². The van der Waals surface area contributed by atoms with Gasteiger partial charge in [-0.3, -0.25) is 4.90 Å². The molecule has 1 aliphatic heterocycles. The number of hydrogen-bond donors (Lipinski definition) is 0. The fourth-order valence-corrected chi connectivity index (χ4v) is 7.39. The number of fused-ring (bicyclic) bond motifs is 3. The van der Waals surface area contributed by atoms with Gasteiger partial charge in [-0.2, -0.15) is 0 Å². The normalized spacial score (nSPS) is 18.7. The maximum Gasteiger partial charge on any atom is 0.236 e. The third kappa shape index (κ3) is 3.49. The number of rotatable bonds is 4. The van der Waals surface area contributed by atoms with Gasteiger partial charge in [-0.15, -0.1) is 22.7 Å². The lowest BCUT2D eigenvalue weighted by atomic mass is 9.88. The summed E-state index contributed by atoms with van der Waals surface area (Å²) in [6.07, 6.45) is 6.38. The van der Waals surface area contributed by atoms with Crippen LogP contribution in [0.2, 0.25) is 0 Å². The second kappa shape index (κ2) is 8.05. The average molecular weight is 447 g/mol. The molecule has 3 aromatic heterocycles. The van der Waals surface area contributed by atoms with E-state index >= 15 is 0 Å². The number of nitrogens with zero attached hydrogens (tertiary/aromatic N) is 2. The monoisotopic (exact) mass is 446 g/mol. The summed E-state index contributed by atoms with van der Waals surface area (Å²) in [6, 6.07) is 15.5. The Labute approximate surface area is 191 Å². The summed E-state index contributed by atoms with van der Waals surface area (Å²) in [7, 11) is 0. The van der Waals surface area contributed by atoms with Crippen molar-refractivity contribution in [3.63, 3.8) is 0 Å². The number of thiophene rings is 2. The van der Waals surface area contributed by atoms with Crippen LogP contribution in [0.5, 0.6) is 0 Å². The maximum absolute atomic E-state index is 6.05. The zero-order chi connectivity index (χ0) is 20.8. The predicted octanol–water partition coefficient (Wildman–Crippen LogP) is 6.80. The van der Waals surface area contributed by atoms with Crippen LogP contribution in [0.25, 0.3) is 10.8 Å². The van der Waals surface area contributed by atoms with Crippen LogP contribution < -0.4 is 0 Å². The summed E-state index contributed by atoms with van der Waals surface area (Å²) >= 11 is 3.76. The second-order valence-electron chi connectivity index (χ2n) is 8.59. The molecular formula is C26H26N2OS2. The van der Waals surface area contributed by atoms with E-state index in [9.17, 15) is 0 Å². The Hall–Kier alpha value is -2.21. The molecule has 2 aliphatic rings. The molecule has 0 radical (unpaired) electrons. The molecule has 1 unspecified atom stereocenters. The van der Waals surface area contributed by atoms with Crippen LogP contribution in [0.3, 0.4) is 0 Å². The molecule has 5 heteroatoms. The third-order valence-electron chi connectivity index (χ3n) is 6.67. The van der Waals surface area contributed by atoms with Crippen molar-refractivity contribution in [1.29, 1.82) is 0 Å². The lowest BCUT2D eigenvalue weighted by Gasteiger charge is -2.36. The first-order valence-corrected chi connectivity index (χ1v) is 12.9. The molecular weight excluding hydrogens is 420 g/mol. The molecule has 158 valence electrons. The highest BCUT2D eigenvalue weighted by Gasteiger charge is 2.34.